The van der Waals surface area contributed by atoms with Crippen LogP contribution in [0, 0.1) is 6.92 Å². The van der Waals surface area contributed by atoms with Gasteiger partial charge in [-0.25, -0.2) is 0 Å². The lowest BCUT2D eigenvalue weighted by Crippen LogP contribution is -2.06. The van der Waals surface area contributed by atoms with Crippen LogP contribution in [0.1, 0.15) is 22.6 Å². The van der Waals surface area contributed by atoms with Gasteiger partial charge in [-0.15, -0.1) is 11.6 Å². The Morgan fingerprint density at radius 1 is 1.05 bits per heavy atom. The van der Waals surface area contributed by atoms with Crippen LogP contribution in [-0.2, 0) is 6.42 Å². The molecule has 0 amide bonds. The molecule has 1 unspecified atom stereocenters. The van der Waals surface area contributed by atoms with E-state index >= 15 is 0 Å². The average molecular weight is 275 g/mol. The van der Waals surface area contributed by atoms with Crippen LogP contribution in [0.2, 0.25) is 0 Å². The van der Waals surface area contributed by atoms with Crippen LogP contribution < -0.4 is 4.74 Å². The van der Waals surface area contributed by atoms with Gasteiger partial charge in [-0.05, 0) is 30.5 Å². The Balaban J connectivity index is 2.21. The minimum Gasteiger partial charge on any atom is -0.496 e. The number of methoxy groups -OCH3 is 1. The first-order chi connectivity index (χ1) is 9.24. The molecule has 2 rings (SSSR count). The molecule has 0 aliphatic rings. The number of benzene rings is 2. The fourth-order valence-corrected chi connectivity index (χ4v) is 2.52. The minimum absolute atomic E-state index is 0.318. The third-order valence-corrected chi connectivity index (χ3v) is 3.77. The fraction of sp³-hybridized carbons (Fsp3) is 0.294. The Kier molecular flexibility index (Phi) is 4.86. The van der Waals surface area contributed by atoms with Gasteiger partial charge >= 0.3 is 0 Å². The first-order valence-corrected chi connectivity index (χ1v) is 7.02. The summed E-state index contributed by atoms with van der Waals surface area (Å²) in [5.41, 5.74) is 3.76. The number of rotatable bonds is 5. The van der Waals surface area contributed by atoms with Gasteiger partial charge in [-0.2, -0.15) is 0 Å². The molecule has 0 aliphatic carbocycles. The Hall–Kier alpha value is -1.47. The van der Waals surface area contributed by atoms with Crippen molar-refractivity contribution in [1.82, 2.24) is 0 Å². The zero-order valence-electron chi connectivity index (χ0n) is 11.4. The summed E-state index contributed by atoms with van der Waals surface area (Å²) >= 11 is 6.15. The van der Waals surface area contributed by atoms with Gasteiger partial charge in [-0.3, -0.25) is 0 Å². The molecule has 0 saturated heterocycles. The van der Waals surface area contributed by atoms with E-state index in [0.717, 1.165) is 12.2 Å². The highest BCUT2D eigenvalue weighted by atomic mass is 35.5. The van der Waals surface area contributed by atoms with Crippen molar-refractivity contribution in [3.63, 3.8) is 0 Å². The zero-order chi connectivity index (χ0) is 13.7. The summed E-state index contributed by atoms with van der Waals surface area (Å²) in [5.74, 6) is 1.87. The monoisotopic (exact) mass is 274 g/mol. The van der Waals surface area contributed by atoms with E-state index < -0.39 is 0 Å². The summed E-state index contributed by atoms with van der Waals surface area (Å²) in [6, 6.07) is 16.7. The molecule has 100 valence electrons. The predicted octanol–water partition coefficient (Wildman–Crippen LogP) is 4.57. The van der Waals surface area contributed by atoms with Gasteiger partial charge in [0.25, 0.3) is 0 Å². The van der Waals surface area contributed by atoms with Gasteiger partial charge in [-0.1, -0.05) is 48.0 Å². The minimum atomic E-state index is 0.318. The van der Waals surface area contributed by atoms with Crippen molar-refractivity contribution in [1.29, 1.82) is 0 Å². The Labute approximate surface area is 120 Å². The highest BCUT2D eigenvalue weighted by Gasteiger charge is 2.13. The van der Waals surface area contributed by atoms with Crippen molar-refractivity contribution in [3.05, 3.63) is 65.2 Å². The quantitative estimate of drug-likeness (QED) is 0.726. The van der Waals surface area contributed by atoms with E-state index in [9.17, 15) is 0 Å². The Bertz CT molecular complexity index is 519. The van der Waals surface area contributed by atoms with Crippen LogP contribution in [0.25, 0.3) is 0 Å². The van der Waals surface area contributed by atoms with Gasteiger partial charge in [0.05, 0.1) is 7.11 Å². The highest BCUT2D eigenvalue weighted by molar-refractivity contribution is 6.18. The number of hydrogen-bond acceptors (Lipinski definition) is 1. The molecule has 0 fully saturated rings. The van der Waals surface area contributed by atoms with Crippen molar-refractivity contribution in [2.75, 3.05) is 13.0 Å². The normalized spacial score (nSPS) is 12.2. The maximum absolute atomic E-state index is 6.15. The summed E-state index contributed by atoms with van der Waals surface area (Å²) in [6.45, 7) is 2.10. The molecule has 0 aliphatic heterocycles. The maximum atomic E-state index is 6.15. The first kappa shape index (κ1) is 14.0. The van der Waals surface area contributed by atoms with Gasteiger partial charge in [0.1, 0.15) is 5.75 Å². The smallest absolute Gasteiger partial charge is 0.122 e. The standard InChI is InChI=1S/C17H19ClO/c1-13-7-9-14(10-8-13)16(12-18)11-15-5-3-4-6-17(15)19-2/h3-10,16H,11-12H2,1-2H3. The molecule has 0 N–H and O–H groups in total. The third kappa shape index (κ3) is 3.51. The van der Waals surface area contributed by atoms with Crippen molar-refractivity contribution < 1.29 is 4.74 Å². The summed E-state index contributed by atoms with van der Waals surface area (Å²) in [5, 5.41) is 0. The SMILES string of the molecule is COc1ccccc1CC(CCl)c1ccc(C)cc1. The van der Waals surface area contributed by atoms with E-state index in [0.29, 0.717) is 11.8 Å². The number of halogens is 1. The molecular weight excluding hydrogens is 256 g/mol. The number of alkyl halides is 1. The van der Waals surface area contributed by atoms with Crippen LogP contribution in [-0.4, -0.2) is 13.0 Å². The van der Waals surface area contributed by atoms with E-state index in [1.54, 1.807) is 7.11 Å². The van der Waals surface area contributed by atoms with E-state index in [-0.39, 0.29) is 0 Å². The molecule has 0 saturated carbocycles. The molecule has 0 spiro atoms. The van der Waals surface area contributed by atoms with Crippen LogP contribution in [0.3, 0.4) is 0 Å². The zero-order valence-corrected chi connectivity index (χ0v) is 12.2. The van der Waals surface area contributed by atoms with Crippen molar-refractivity contribution in [2.24, 2.45) is 0 Å². The molecule has 2 aromatic carbocycles. The average Bonchev–Trinajstić information content (AvgIpc) is 2.46. The van der Waals surface area contributed by atoms with Gasteiger partial charge in [0.15, 0.2) is 0 Å². The van der Waals surface area contributed by atoms with E-state index in [4.69, 9.17) is 16.3 Å². The number of para-hydroxylation sites is 1. The largest absolute Gasteiger partial charge is 0.496 e. The Morgan fingerprint density at radius 3 is 2.37 bits per heavy atom. The fourth-order valence-electron chi connectivity index (χ4n) is 2.24. The van der Waals surface area contributed by atoms with Crippen LogP contribution in [0.4, 0.5) is 0 Å². The van der Waals surface area contributed by atoms with Gasteiger partial charge in [0, 0.05) is 11.8 Å². The summed E-state index contributed by atoms with van der Waals surface area (Å²) < 4.78 is 5.40. The molecule has 19 heavy (non-hydrogen) atoms. The third-order valence-electron chi connectivity index (χ3n) is 3.39. The van der Waals surface area contributed by atoms with Crippen molar-refractivity contribution in [3.8, 4) is 5.75 Å². The second kappa shape index (κ2) is 6.63. The number of aryl methyl sites for hydroxylation is 1. The van der Waals surface area contributed by atoms with E-state index in [1.807, 2.05) is 18.2 Å². The van der Waals surface area contributed by atoms with E-state index in [1.165, 1.54) is 16.7 Å². The summed E-state index contributed by atoms with van der Waals surface area (Å²) in [6.07, 6.45) is 0.899. The second-order valence-electron chi connectivity index (χ2n) is 4.78. The maximum Gasteiger partial charge on any atom is 0.122 e. The number of ether oxygens (including phenoxy) is 1. The molecule has 0 radical (unpaired) electrons. The molecule has 1 nitrogen and oxygen atoms in total. The molecule has 2 heteroatoms. The predicted molar refractivity (Wildman–Crippen MR) is 81.3 cm³/mol. The number of hydrogen-bond donors (Lipinski definition) is 0. The van der Waals surface area contributed by atoms with Gasteiger partial charge in [0.2, 0.25) is 0 Å². The van der Waals surface area contributed by atoms with Crippen LogP contribution >= 0.6 is 11.6 Å². The molecule has 0 bridgehead atoms. The lowest BCUT2D eigenvalue weighted by Gasteiger charge is -2.16. The molecular formula is C17H19ClO. The second-order valence-corrected chi connectivity index (χ2v) is 5.09. The molecule has 0 aromatic heterocycles. The van der Waals surface area contributed by atoms with Crippen LogP contribution in [0.15, 0.2) is 48.5 Å². The lowest BCUT2D eigenvalue weighted by atomic mass is 9.92. The first-order valence-electron chi connectivity index (χ1n) is 6.49. The van der Waals surface area contributed by atoms with Crippen molar-refractivity contribution in [2.45, 2.75) is 19.3 Å². The molecule has 2 aromatic rings. The van der Waals surface area contributed by atoms with Crippen LogP contribution in [0.5, 0.6) is 5.75 Å². The molecule has 1 atom stereocenters. The highest BCUT2D eigenvalue weighted by Crippen LogP contribution is 2.27. The summed E-state index contributed by atoms with van der Waals surface area (Å²) in [4.78, 5) is 0. The van der Waals surface area contributed by atoms with E-state index in [2.05, 4.69) is 37.3 Å². The van der Waals surface area contributed by atoms with Gasteiger partial charge < -0.3 is 4.74 Å². The Morgan fingerprint density at radius 2 is 1.74 bits per heavy atom. The lowest BCUT2D eigenvalue weighted by molar-refractivity contribution is 0.408. The molecule has 0 heterocycles. The summed E-state index contributed by atoms with van der Waals surface area (Å²) in [7, 11) is 1.71. The topological polar surface area (TPSA) is 9.23 Å². The van der Waals surface area contributed by atoms with Crippen molar-refractivity contribution >= 4 is 11.6 Å².